The molecule has 7 nitrogen and oxygen atoms in total. The highest BCUT2D eigenvalue weighted by Gasteiger charge is 2.43. The summed E-state index contributed by atoms with van der Waals surface area (Å²) in [5, 5.41) is 7.85. The fourth-order valence-corrected chi connectivity index (χ4v) is 4.40. The van der Waals surface area contributed by atoms with Crippen LogP contribution < -0.4 is 0 Å². The Hall–Kier alpha value is -1.84. The number of sulfonamides is 1. The van der Waals surface area contributed by atoms with Crippen molar-refractivity contribution < 1.29 is 17.5 Å². The summed E-state index contributed by atoms with van der Waals surface area (Å²) in [7, 11) is -0.475. The Bertz CT molecular complexity index is 791. The molecule has 1 fully saturated rings. The number of rotatable bonds is 4. The second-order valence-corrected chi connectivity index (χ2v) is 7.33. The summed E-state index contributed by atoms with van der Waals surface area (Å²) in [5.41, 5.74) is 0. The van der Waals surface area contributed by atoms with Crippen LogP contribution in [0.2, 0.25) is 0 Å². The third-order valence-electron chi connectivity index (χ3n) is 4.02. The molecule has 2 aromatic rings. The number of aryl methyl sites for hydroxylation is 1. The quantitative estimate of drug-likeness (QED) is 0.833. The zero-order valence-corrected chi connectivity index (χ0v) is 13.6. The number of nitrogens with zero attached hydrogens (tertiary/aromatic N) is 4. The number of ether oxygens (including phenoxy) is 1. The maximum Gasteiger partial charge on any atom is 0.243 e. The predicted octanol–water partition coefficient (Wildman–Crippen LogP) is 1.10. The standard InChI is InChI=1S/C14H17FN4O3S/c1-18-9-16-17-14(18)13-7-11(22-2)8-19(13)23(20,21)12-5-3-10(15)4-6-12/h3-6,9,11,13H,7-8H2,1-2H3/t11-,13+/m1/s1. The molecule has 1 aromatic heterocycles. The minimum Gasteiger partial charge on any atom is -0.380 e. The Morgan fingerprint density at radius 1 is 1.30 bits per heavy atom. The van der Waals surface area contributed by atoms with Crippen LogP contribution in [0.4, 0.5) is 4.39 Å². The highest BCUT2D eigenvalue weighted by atomic mass is 32.2. The van der Waals surface area contributed by atoms with Crippen LogP contribution >= 0.6 is 0 Å². The van der Waals surface area contributed by atoms with Crippen molar-refractivity contribution in [1.82, 2.24) is 19.1 Å². The third kappa shape index (κ3) is 2.87. The fourth-order valence-electron chi connectivity index (χ4n) is 2.78. The van der Waals surface area contributed by atoms with Crippen LogP contribution in [0.5, 0.6) is 0 Å². The van der Waals surface area contributed by atoms with Crippen molar-refractivity contribution >= 4 is 10.0 Å². The first-order valence-corrected chi connectivity index (χ1v) is 8.51. The monoisotopic (exact) mass is 340 g/mol. The average Bonchev–Trinajstić information content (AvgIpc) is 3.13. The molecule has 0 amide bonds. The second kappa shape index (κ2) is 5.99. The van der Waals surface area contributed by atoms with Gasteiger partial charge in [0.25, 0.3) is 0 Å². The van der Waals surface area contributed by atoms with E-state index >= 15 is 0 Å². The molecule has 0 spiro atoms. The Kier molecular flexibility index (Phi) is 4.17. The number of hydrogen-bond acceptors (Lipinski definition) is 5. The van der Waals surface area contributed by atoms with Gasteiger partial charge in [0, 0.05) is 20.7 Å². The van der Waals surface area contributed by atoms with Gasteiger partial charge >= 0.3 is 0 Å². The zero-order chi connectivity index (χ0) is 16.6. The molecule has 0 bridgehead atoms. The van der Waals surface area contributed by atoms with Crippen LogP contribution in [-0.4, -0.2) is 47.2 Å². The van der Waals surface area contributed by atoms with E-state index in [1.165, 1.54) is 22.8 Å². The summed E-state index contributed by atoms with van der Waals surface area (Å²) in [6, 6.07) is 4.32. The van der Waals surface area contributed by atoms with Crippen LogP contribution in [0, 0.1) is 5.82 Å². The lowest BCUT2D eigenvalue weighted by molar-refractivity contribution is 0.114. The van der Waals surface area contributed by atoms with Gasteiger partial charge in [-0.3, -0.25) is 0 Å². The van der Waals surface area contributed by atoms with Gasteiger partial charge in [0.1, 0.15) is 12.1 Å². The van der Waals surface area contributed by atoms with E-state index in [1.54, 1.807) is 18.7 Å². The maximum atomic E-state index is 13.1. The van der Waals surface area contributed by atoms with Crippen molar-refractivity contribution in [1.29, 1.82) is 0 Å². The van der Waals surface area contributed by atoms with Crippen molar-refractivity contribution in [2.24, 2.45) is 7.05 Å². The Balaban J connectivity index is 2.01. The molecule has 2 heterocycles. The van der Waals surface area contributed by atoms with E-state index in [4.69, 9.17) is 4.74 Å². The van der Waals surface area contributed by atoms with Crippen molar-refractivity contribution in [2.75, 3.05) is 13.7 Å². The number of methoxy groups -OCH3 is 1. The van der Waals surface area contributed by atoms with Gasteiger partial charge < -0.3 is 9.30 Å². The number of benzene rings is 1. The molecular weight excluding hydrogens is 323 g/mol. The number of aromatic nitrogens is 3. The topological polar surface area (TPSA) is 77.3 Å². The summed E-state index contributed by atoms with van der Waals surface area (Å²) in [6.07, 6.45) is 1.79. The van der Waals surface area contributed by atoms with Gasteiger partial charge in [-0.1, -0.05) is 0 Å². The number of halogens is 1. The van der Waals surface area contributed by atoms with Gasteiger partial charge in [-0.25, -0.2) is 12.8 Å². The normalized spacial score (nSPS) is 22.6. The first-order chi connectivity index (χ1) is 10.9. The lowest BCUT2D eigenvalue weighted by atomic mass is 10.2. The lowest BCUT2D eigenvalue weighted by Gasteiger charge is -2.23. The van der Waals surface area contributed by atoms with Crippen LogP contribution in [0.3, 0.4) is 0 Å². The molecule has 1 aromatic carbocycles. The molecule has 0 aliphatic carbocycles. The van der Waals surface area contributed by atoms with Gasteiger partial charge in [-0.15, -0.1) is 10.2 Å². The van der Waals surface area contributed by atoms with Gasteiger partial charge in [-0.05, 0) is 30.7 Å². The summed E-state index contributed by atoms with van der Waals surface area (Å²) >= 11 is 0. The smallest absolute Gasteiger partial charge is 0.243 e. The highest BCUT2D eigenvalue weighted by Crippen LogP contribution is 2.36. The molecule has 124 valence electrons. The third-order valence-corrected chi connectivity index (χ3v) is 5.90. The van der Waals surface area contributed by atoms with Crippen molar-refractivity contribution in [3.8, 4) is 0 Å². The average molecular weight is 340 g/mol. The molecule has 2 atom stereocenters. The van der Waals surface area contributed by atoms with Crippen LogP contribution in [-0.2, 0) is 21.8 Å². The summed E-state index contributed by atoms with van der Waals surface area (Å²) in [5.74, 6) is 0.0697. The molecule has 0 radical (unpaired) electrons. The van der Waals surface area contributed by atoms with E-state index in [9.17, 15) is 12.8 Å². The molecule has 0 N–H and O–H groups in total. The molecule has 0 saturated carbocycles. The maximum absolute atomic E-state index is 13.1. The minimum absolute atomic E-state index is 0.0443. The second-order valence-electron chi connectivity index (χ2n) is 5.44. The zero-order valence-electron chi connectivity index (χ0n) is 12.8. The first-order valence-electron chi connectivity index (χ1n) is 7.07. The summed E-state index contributed by atoms with van der Waals surface area (Å²) in [4.78, 5) is 0.0443. The van der Waals surface area contributed by atoms with Gasteiger partial charge in [0.15, 0.2) is 5.82 Å². The molecule has 9 heteroatoms. The van der Waals surface area contributed by atoms with Gasteiger partial charge in [0.2, 0.25) is 10.0 Å². The van der Waals surface area contributed by atoms with Crippen molar-refractivity contribution in [3.05, 3.63) is 42.2 Å². The van der Waals surface area contributed by atoms with E-state index in [1.807, 2.05) is 0 Å². The molecule has 0 unspecified atom stereocenters. The van der Waals surface area contributed by atoms with E-state index < -0.39 is 21.9 Å². The lowest BCUT2D eigenvalue weighted by Crippen LogP contribution is -2.33. The van der Waals surface area contributed by atoms with E-state index in [-0.39, 0.29) is 17.5 Å². The molecular formula is C14H17FN4O3S. The summed E-state index contributed by atoms with van der Waals surface area (Å²) in [6.45, 7) is 0.216. The Morgan fingerprint density at radius 3 is 2.57 bits per heavy atom. The molecule has 1 aliphatic rings. The van der Waals surface area contributed by atoms with Crippen molar-refractivity contribution in [3.63, 3.8) is 0 Å². The largest absolute Gasteiger partial charge is 0.380 e. The van der Waals surface area contributed by atoms with Crippen molar-refractivity contribution in [2.45, 2.75) is 23.5 Å². The Morgan fingerprint density at radius 2 is 2.00 bits per heavy atom. The highest BCUT2D eigenvalue weighted by molar-refractivity contribution is 7.89. The van der Waals surface area contributed by atoms with Gasteiger partial charge in [0.05, 0.1) is 17.0 Å². The molecule has 1 aliphatic heterocycles. The van der Waals surface area contributed by atoms with E-state index in [0.717, 1.165) is 12.1 Å². The van der Waals surface area contributed by atoms with Crippen LogP contribution in [0.1, 0.15) is 18.3 Å². The summed E-state index contributed by atoms with van der Waals surface area (Å²) < 4.78 is 47.3. The molecule has 1 saturated heterocycles. The molecule has 23 heavy (non-hydrogen) atoms. The fraction of sp³-hybridized carbons (Fsp3) is 0.429. The van der Waals surface area contributed by atoms with E-state index in [0.29, 0.717) is 12.2 Å². The molecule has 3 rings (SSSR count). The number of hydrogen-bond donors (Lipinski definition) is 0. The predicted molar refractivity (Wildman–Crippen MR) is 79.4 cm³/mol. The first kappa shape index (κ1) is 16.0. The van der Waals surface area contributed by atoms with Crippen LogP contribution in [0.25, 0.3) is 0 Å². The Labute approximate surface area is 133 Å². The van der Waals surface area contributed by atoms with Gasteiger partial charge in [-0.2, -0.15) is 4.31 Å². The SMILES string of the molecule is CO[C@@H]1C[C@@H](c2nncn2C)N(S(=O)(=O)c2ccc(F)cc2)C1. The minimum atomic E-state index is -3.78. The van der Waals surface area contributed by atoms with Crippen LogP contribution in [0.15, 0.2) is 35.5 Å². The van der Waals surface area contributed by atoms with E-state index in [2.05, 4.69) is 10.2 Å².